The standard InChI is InChI=1S/C11H21N3O/c1-7-9(12)5-6-14(7)11(15)8-3-2-4-10(8)13/h7-10H,2-6,12-13H2,1H3. The molecule has 2 aliphatic rings. The lowest BCUT2D eigenvalue weighted by Crippen LogP contribution is -2.46. The first-order valence-electron chi connectivity index (χ1n) is 5.93. The van der Waals surface area contributed by atoms with E-state index in [1.807, 2.05) is 11.8 Å². The third-order valence-electron chi connectivity index (χ3n) is 3.98. The Hall–Kier alpha value is -0.610. The van der Waals surface area contributed by atoms with Gasteiger partial charge in [0.15, 0.2) is 0 Å². The van der Waals surface area contributed by atoms with Gasteiger partial charge >= 0.3 is 0 Å². The molecule has 1 aliphatic heterocycles. The van der Waals surface area contributed by atoms with E-state index in [1.165, 1.54) is 0 Å². The van der Waals surface area contributed by atoms with E-state index in [0.29, 0.717) is 0 Å². The molecular formula is C11H21N3O. The number of likely N-dealkylation sites (tertiary alicyclic amines) is 1. The van der Waals surface area contributed by atoms with E-state index in [4.69, 9.17) is 11.5 Å². The Morgan fingerprint density at radius 1 is 1.20 bits per heavy atom. The number of carbonyl (C=O) groups is 1. The zero-order valence-corrected chi connectivity index (χ0v) is 9.36. The summed E-state index contributed by atoms with van der Waals surface area (Å²) in [6, 6.07) is 0.401. The van der Waals surface area contributed by atoms with E-state index in [1.54, 1.807) is 0 Å². The first kappa shape index (κ1) is 10.9. The molecule has 0 bridgehead atoms. The minimum atomic E-state index is 0.0535. The fourth-order valence-corrected chi connectivity index (χ4v) is 2.78. The fourth-order valence-electron chi connectivity index (χ4n) is 2.78. The summed E-state index contributed by atoms with van der Waals surface area (Å²) in [4.78, 5) is 14.1. The Balaban J connectivity index is 2.01. The van der Waals surface area contributed by atoms with E-state index in [9.17, 15) is 4.79 Å². The predicted octanol–water partition coefficient (Wildman–Crippen LogP) is 0.0619. The summed E-state index contributed by atoms with van der Waals surface area (Å²) in [7, 11) is 0. The summed E-state index contributed by atoms with van der Waals surface area (Å²) in [5.41, 5.74) is 11.9. The SMILES string of the molecule is CC1C(N)CCN1C(=O)C1CCCC1N. The molecule has 2 fully saturated rings. The molecule has 0 aromatic rings. The Bertz CT molecular complexity index is 256. The Labute approximate surface area is 91.0 Å². The van der Waals surface area contributed by atoms with E-state index < -0.39 is 0 Å². The smallest absolute Gasteiger partial charge is 0.227 e. The van der Waals surface area contributed by atoms with Gasteiger partial charge in [0.1, 0.15) is 0 Å². The van der Waals surface area contributed by atoms with Crippen LogP contribution in [0.5, 0.6) is 0 Å². The van der Waals surface area contributed by atoms with Crippen LogP contribution in [0.25, 0.3) is 0 Å². The number of amides is 1. The summed E-state index contributed by atoms with van der Waals surface area (Å²) in [6.45, 7) is 2.85. The lowest BCUT2D eigenvalue weighted by atomic mass is 10.0. The number of hydrogen-bond donors (Lipinski definition) is 2. The second-order valence-electron chi connectivity index (χ2n) is 4.93. The Morgan fingerprint density at radius 3 is 2.40 bits per heavy atom. The van der Waals surface area contributed by atoms with Gasteiger partial charge in [-0.15, -0.1) is 0 Å². The minimum Gasteiger partial charge on any atom is -0.338 e. The summed E-state index contributed by atoms with van der Waals surface area (Å²) < 4.78 is 0. The molecular weight excluding hydrogens is 190 g/mol. The van der Waals surface area contributed by atoms with Crippen molar-refractivity contribution in [2.24, 2.45) is 17.4 Å². The van der Waals surface area contributed by atoms with Crippen molar-refractivity contribution in [1.82, 2.24) is 4.90 Å². The lowest BCUT2D eigenvalue weighted by Gasteiger charge is -2.27. The second kappa shape index (κ2) is 4.10. The molecule has 0 radical (unpaired) electrons. The lowest BCUT2D eigenvalue weighted by molar-refractivity contribution is -0.136. The largest absolute Gasteiger partial charge is 0.338 e. The van der Waals surface area contributed by atoms with Gasteiger partial charge < -0.3 is 16.4 Å². The highest BCUT2D eigenvalue weighted by molar-refractivity contribution is 5.80. The number of hydrogen-bond acceptors (Lipinski definition) is 3. The molecule has 4 nitrogen and oxygen atoms in total. The van der Waals surface area contributed by atoms with Crippen LogP contribution >= 0.6 is 0 Å². The van der Waals surface area contributed by atoms with Crippen LogP contribution in [0.15, 0.2) is 0 Å². The highest BCUT2D eigenvalue weighted by atomic mass is 16.2. The van der Waals surface area contributed by atoms with Crippen molar-refractivity contribution < 1.29 is 4.79 Å². The monoisotopic (exact) mass is 211 g/mol. The van der Waals surface area contributed by atoms with Gasteiger partial charge in [0.2, 0.25) is 5.91 Å². The minimum absolute atomic E-state index is 0.0535. The van der Waals surface area contributed by atoms with Gasteiger partial charge in [-0.2, -0.15) is 0 Å². The zero-order valence-electron chi connectivity index (χ0n) is 9.36. The van der Waals surface area contributed by atoms with Gasteiger partial charge in [0, 0.05) is 24.7 Å². The third kappa shape index (κ3) is 1.88. The molecule has 0 aromatic heterocycles. The second-order valence-corrected chi connectivity index (χ2v) is 4.93. The molecule has 0 spiro atoms. The number of nitrogens with two attached hydrogens (primary N) is 2. The van der Waals surface area contributed by atoms with Gasteiger partial charge in [-0.25, -0.2) is 0 Å². The summed E-state index contributed by atoms with van der Waals surface area (Å²) >= 11 is 0. The van der Waals surface area contributed by atoms with Gasteiger partial charge in [-0.05, 0) is 26.2 Å². The summed E-state index contributed by atoms with van der Waals surface area (Å²) in [5.74, 6) is 0.290. The highest BCUT2D eigenvalue weighted by Crippen LogP contribution is 2.28. The topological polar surface area (TPSA) is 72.3 Å². The average Bonchev–Trinajstić information content (AvgIpc) is 2.75. The molecule has 1 saturated heterocycles. The van der Waals surface area contributed by atoms with Crippen LogP contribution in [-0.2, 0) is 4.79 Å². The predicted molar refractivity (Wildman–Crippen MR) is 59.1 cm³/mol. The summed E-state index contributed by atoms with van der Waals surface area (Å²) in [5, 5.41) is 0. The van der Waals surface area contributed by atoms with Crippen molar-refractivity contribution >= 4 is 5.91 Å². The fraction of sp³-hybridized carbons (Fsp3) is 0.909. The van der Waals surface area contributed by atoms with Gasteiger partial charge in [0.25, 0.3) is 0 Å². The number of nitrogens with zero attached hydrogens (tertiary/aromatic N) is 1. The molecule has 1 aliphatic carbocycles. The molecule has 4 unspecified atom stereocenters. The number of rotatable bonds is 1. The maximum Gasteiger partial charge on any atom is 0.227 e. The van der Waals surface area contributed by atoms with Crippen LogP contribution in [0, 0.1) is 5.92 Å². The van der Waals surface area contributed by atoms with Gasteiger partial charge in [0.05, 0.1) is 5.92 Å². The molecule has 4 heteroatoms. The molecule has 15 heavy (non-hydrogen) atoms. The molecule has 1 heterocycles. The first-order valence-corrected chi connectivity index (χ1v) is 5.93. The first-order chi connectivity index (χ1) is 7.11. The van der Waals surface area contributed by atoms with Gasteiger partial charge in [-0.1, -0.05) is 6.42 Å². The van der Waals surface area contributed by atoms with Gasteiger partial charge in [-0.3, -0.25) is 4.79 Å². The van der Waals surface area contributed by atoms with Crippen LogP contribution < -0.4 is 11.5 Å². The van der Waals surface area contributed by atoms with Crippen LogP contribution in [0.1, 0.15) is 32.6 Å². The molecule has 86 valence electrons. The van der Waals surface area contributed by atoms with Crippen molar-refractivity contribution in [3.8, 4) is 0 Å². The van der Waals surface area contributed by atoms with E-state index in [0.717, 1.165) is 32.2 Å². The van der Waals surface area contributed by atoms with E-state index in [2.05, 4.69) is 0 Å². The normalized spacial score (nSPS) is 41.1. The maximum absolute atomic E-state index is 12.2. The molecule has 1 saturated carbocycles. The Morgan fingerprint density at radius 2 is 1.93 bits per heavy atom. The van der Waals surface area contributed by atoms with Crippen LogP contribution in [0.4, 0.5) is 0 Å². The van der Waals surface area contributed by atoms with Crippen LogP contribution in [0.2, 0.25) is 0 Å². The molecule has 0 aromatic carbocycles. The Kier molecular flexibility index (Phi) is 2.98. The average molecular weight is 211 g/mol. The van der Waals surface area contributed by atoms with Crippen molar-refractivity contribution in [3.05, 3.63) is 0 Å². The zero-order chi connectivity index (χ0) is 11.0. The van der Waals surface area contributed by atoms with Crippen molar-refractivity contribution in [3.63, 3.8) is 0 Å². The molecule has 4 N–H and O–H groups in total. The molecule has 2 rings (SSSR count). The van der Waals surface area contributed by atoms with E-state index >= 15 is 0 Å². The number of carbonyl (C=O) groups excluding carboxylic acids is 1. The quantitative estimate of drug-likeness (QED) is 0.644. The van der Waals surface area contributed by atoms with Crippen molar-refractivity contribution in [2.75, 3.05) is 6.54 Å². The molecule has 1 amide bonds. The molecule has 4 atom stereocenters. The van der Waals surface area contributed by atoms with Crippen LogP contribution in [0.3, 0.4) is 0 Å². The summed E-state index contributed by atoms with van der Waals surface area (Å²) in [6.07, 6.45) is 3.96. The van der Waals surface area contributed by atoms with Crippen molar-refractivity contribution in [1.29, 1.82) is 0 Å². The van der Waals surface area contributed by atoms with Crippen molar-refractivity contribution in [2.45, 2.75) is 50.7 Å². The van der Waals surface area contributed by atoms with Crippen LogP contribution in [-0.4, -0.2) is 35.5 Å². The highest BCUT2D eigenvalue weighted by Gasteiger charge is 2.38. The van der Waals surface area contributed by atoms with E-state index in [-0.39, 0.29) is 30.0 Å². The maximum atomic E-state index is 12.2. The third-order valence-corrected chi connectivity index (χ3v) is 3.98.